The fourth-order valence-corrected chi connectivity index (χ4v) is 3.09. The molecule has 2 aromatic rings. The fourth-order valence-electron chi connectivity index (χ4n) is 2.73. The Balaban J connectivity index is 2.03. The lowest BCUT2D eigenvalue weighted by Gasteiger charge is -2.05. The number of aryl methyl sites for hydroxylation is 1. The van der Waals surface area contributed by atoms with Gasteiger partial charge in [-0.25, -0.2) is 9.67 Å². The zero-order valence-corrected chi connectivity index (χ0v) is 12.5. The van der Waals surface area contributed by atoms with Crippen molar-refractivity contribution in [3.05, 3.63) is 28.5 Å². The number of nitrogen functional groups attached to an aromatic ring is 1. The number of aromatic nitrogens is 3. The van der Waals surface area contributed by atoms with Crippen LogP contribution in [0.3, 0.4) is 0 Å². The number of nitrogens with zero attached hydrogens (tertiary/aromatic N) is 3. The minimum atomic E-state index is 0.522. The van der Waals surface area contributed by atoms with E-state index in [1.807, 2.05) is 29.9 Å². The van der Waals surface area contributed by atoms with Crippen LogP contribution in [0.15, 0.2) is 22.7 Å². The first kappa shape index (κ1) is 12.7. The molecule has 0 amide bonds. The summed E-state index contributed by atoms with van der Waals surface area (Å²) < 4.78 is 2.74. The van der Waals surface area contributed by atoms with E-state index in [1.165, 1.54) is 25.7 Å². The highest BCUT2D eigenvalue weighted by Gasteiger charge is 2.23. The third-order valence-corrected chi connectivity index (χ3v) is 4.49. The Labute approximate surface area is 121 Å². The van der Waals surface area contributed by atoms with E-state index in [2.05, 4.69) is 21.0 Å². The number of anilines is 1. The molecule has 0 radical (unpaired) electrons. The van der Waals surface area contributed by atoms with Gasteiger partial charge in [0.25, 0.3) is 0 Å². The zero-order valence-electron chi connectivity index (χ0n) is 10.9. The topological polar surface area (TPSA) is 56.7 Å². The molecule has 0 saturated heterocycles. The second-order valence-corrected chi connectivity index (χ2v) is 5.95. The molecule has 19 heavy (non-hydrogen) atoms. The van der Waals surface area contributed by atoms with E-state index in [1.54, 1.807) is 0 Å². The number of rotatable bonds is 2. The maximum absolute atomic E-state index is 6.12. The van der Waals surface area contributed by atoms with E-state index in [0.29, 0.717) is 5.92 Å². The molecule has 0 unspecified atom stereocenters. The van der Waals surface area contributed by atoms with Crippen molar-refractivity contribution in [1.82, 2.24) is 14.8 Å². The third kappa shape index (κ3) is 2.27. The van der Waals surface area contributed by atoms with Gasteiger partial charge in [-0.1, -0.05) is 18.9 Å². The predicted octanol–water partition coefficient (Wildman–Crippen LogP) is 3.48. The maximum atomic E-state index is 6.12. The largest absolute Gasteiger partial charge is 0.397 e. The van der Waals surface area contributed by atoms with E-state index in [-0.39, 0.29) is 0 Å². The second kappa shape index (κ2) is 4.96. The summed E-state index contributed by atoms with van der Waals surface area (Å²) in [5, 5.41) is 4.57. The van der Waals surface area contributed by atoms with E-state index in [9.17, 15) is 0 Å². The van der Waals surface area contributed by atoms with Crippen LogP contribution in [0.4, 0.5) is 5.69 Å². The molecule has 0 aliphatic heterocycles. The lowest BCUT2D eigenvalue weighted by Crippen LogP contribution is -1.99. The summed E-state index contributed by atoms with van der Waals surface area (Å²) in [7, 11) is 1.93. The molecule has 0 spiro atoms. The Bertz CT molecular complexity index is 599. The first-order valence-corrected chi connectivity index (χ1v) is 7.41. The van der Waals surface area contributed by atoms with Crippen molar-refractivity contribution in [3.8, 4) is 11.4 Å². The quantitative estimate of drug-likeness (QED) is 0.862. The molecule has 1 aromatic heterocycles. The van der Waals surface area contributed by atoms with Crippen molar-refractivity contribution in [2.24, 2.45) is 7.05 Å². The SMILES string of the molecule is Cn1nc(C2CCCC2)nc1-c1cccc(Br)c1N. The van der Waals surface area contributed by atoms with E-state index < -0.39 is 0 Å². The average Bonchev–Trinajstić information content (AvgIpc) is 3.02. The van der Waals surface area contributed by atoms with Crippen LogP contribution < -0.4 is 5.73 Å². The lowest BCUT2D eigenvalue weighted by molar-refractivity contribution is 0.648. The standard InChI is InChI=1S/C14H17BrN4/c1-19-14(10-7-4-8-11(15)12(10)16)17-13(18-19)9-5-2-3-6-9/h4,7-9H,2-3,5-6,16H2,1H3. The molecule has 1 heterocycles. The maximum Gasteiger partial charge on any atom is 0.160 e. The Hall–Kier alpha value is -1.36. The summed E-state index contributed by atoms with van der Waals surface area (Å²) in [5.74, 6) is 2.34. The highest BCUT2D eigenvalue weighted by molar-refractivity contribution is 9.10. The van der Waals surface area contributed by atoms with Crippen LogP contribution in [0, 0.1) is 0 Å². The lowest BCUT2D eigenvalue weighted by atomic mass is 10.1. The van der Waals surface area contributed by atoms with Crippen molar-refractivity contribution in [2.75, 3.05) is 5.73 Å². The normalized spacial score (nSPS) is 16.1. The molecule has 4 nitrogen and oxygen atoms in total. The third-order valence-electron chi connectivity index (χ3n) is 3.79. The van der Waals surface area contributed by atoms with Gasteiger partial charge in [0, 0.05) is 23.0 Å². The molecular formula is C14H17BrN4. The summed E-state index contributed by atoms with van der Waals surface area (Å²) in [5.41, 5.74) is 7.78. The first-order valence-electron chi connectivity index (χ1n) is 6.62. The Morgan fingerprint density at radius 2 is 2.05 bits per heavy atom. The zero-order chi connectivity index (χ0) is 13.4. The molecular weight excluding hydrogens is 304 g/mol. The number of nitrogens with two attached hydrogens (primary N) is 1. The van der Waals surface area contributed by atoms with Crippen LogP contribution in [-0.2, 0) is 7.05 Å². The molecule has 1 aliphatic carbocycles. The molecule has 0 atom stereocenters. The van der Waals surface area contributed by atoms with Crippen LogP contribution in [0.25, 0.3) is 11.4 Å². The number of benzene rings is 1. The van der Waals surface area contributed by atoms with Crippen LogP contribution in [0.5, 0.6) is 0 Å². The van der Waals surface area contributed by atoms with E-state index in [4.69, 9.17) is 10.7 Å². The van der Waals surface area contributed by atoms with E-state index >= 15 is 0 Å². The van der Waals surface area contributed by atoms with Gasteiger partial charge in [-0.2, -0.15) is 5.10 Å². The predicted molar refractivity (Wildman–Crippen MR) is 79.8 cm³/mol. The smallest absolute Gasteiger partial charge is 0.160 e. The molecule has 1 aliphatic rings. The summed E-state index contributed by atoms with van der Waals surface area (Å²) >= 11 is 3.46. The van der Waals surface area contributed by atoms with Gasteiger partial charge in [-0.05, 0) is 40.9 Å². The van der Waals surface area contributed by atoms with Gasteiger partial charge in [0.1, 0.15) is 0 Å². The minimum absolute atomic E-state index is 0.522. The van der Waals surface area contributed by atoms with Crippen LogP contribution in [0.1, 0.15) is 37.4 Å². The van der Waals surface area contributed by atoms with Gasteiger partial charge < -0.3 is 5.73 Å². The van der Waals surface area contributed by atoms with E-state index in [0.717, 1.165) is 27.4 Å². The molecule has 3 rings (SSSR count). The fraction of sp³-hybridized carbons (Fsp3) is 0.429. The summed E-state index contributed by atoms with van der Waals surface area (Å²) in [6, 6.07) is 5.90. The minimum Gasteiger partial charge on any atom is -0.397 e. The molecule has 1 aromatic carbocycles. The van der Waals surface area contributed by atoms with Gasteiger partial charge in [-0.15, -0.1) is 0 Å². The average molecular weight is 321 g/mol. The van der Waals surface area contributed by atoms with Crippen LogP contribution in [-0.4, -0.2) is 14.8 Å². The number of para-hydroxylation sites is 1. The summed E-state index contributed by atoms with van der Waals surface area (Å²) in [6.07, 6.45) is 4.99. The molecule has 0 bridgehead atoms. The van der Waals surface area contributed by atoms with Crippen molar-refractivity contribution < 1.29 is 0 Å². The number of hydrogen-bond donors (Lipinski definition) is 1. The molecule has 5 heteroatoms. The van der Waals surface area contributed by atoms with Crippen molar-refractivity contribution in [1.29, 1.82) is 0 Å². The molecule has 1 saturated carbocycles. The number of hydrogen-bond acceptors (Lipinski definition) is 3. The van der Waals surface area contributed by atoms with Crippen molar-refractivity contribution in [2.45, 2.75) is 31.6 Å². The highest BCUT2D eigenvalue weighted by Crippen LogP contribution is 2.35. The monoisotopic (exact) mass is 320 g/mol. The van der Waals surface area contributed by atoms with Gasteiger partial charge in [-0.3, -0.25) is 0 Å². The Kier molecular flexibility index (Phi) is 3.31. The number of halogens is 1. The molecule has 2 N–H and O–H groups in total. The van der Waals surface area contributed by atoms with Gasteiger partial charge in [0.15, 0.2) is 11.6 Å². The Morgan fingerprint density at radius 3 is 2.79 bits per heavy atom. The van der Waals surface area contributed by atoms with Gasteiger partial charge in [0.2, 0.25) is 0 Å². The summed E-state index contributed by atoms with van der Waals surface area (Å²) in [4.78, 5) is 4.72. The van der Waals surface area contributed by atoms with Crippen molar-refractivity contribution in [3.63, 3.8) is 0 Å². The second-order valence-electron chi connectivity index (χ2n) is 5.10. The van der Waals surface area contributed by atoms with Crippen LogP contribution >= 0.6 is 15.9 Å². The van der Waals surface area contributed by atoms with Crippen molar-refractivity contribution >= 4 is 21.6 Å². The highest BCUT2D eigenvalue weighted by atomic mass is 79.9. The van der Waals surface area contributed by atoms with Gasteiger partial charge >= 0.3 is 0 Å². The summed E-state index contributed by atoms with van der Waals surface area (Å²) in [6.45, 7) is 0. The Morgan fingerprint density at radius 1 is 1.32 bits per heavy atom. The molecule has 100 valence electrons. The van der Waals surface area contributed by atoms with Gasteiger partial charge in [0.05, 0.1) is 5.69 Å². The molecule has 1 fully saturated rings. The first-order chi connectivity index (χ1) is 9.16. The van der Waals surface area contributed by atoms with Crippen LogP contribution in [0.2, 0.25) is 0 Å².